The highest BCUT2D eigenvalue weighted by atomic mass is 16.5. The van der Waals surface area contributed by atoms with Crippen LogP contribution in [0.2, 0.25) is 0 Å². The van der Waals surface area contributed by atoms with Crippen molar-refractivity contribution in [2.45, 2.75) is 0 Å². The van der Waals surface area contributed by atoms with Gasteiger partial charge in [0, 0.05) is 11.1 Å². The Kier molecular flexibility index (Phi) is 6.28. The summed E-state index contributed by atoms with van der Waals surface area (Å²) >= 11 is 0. The highest BCUT2D eigenvalue weighted by molar-refractivity contribution is 6.01. The van der Waals surface area contributed by atoms with Crippen LogP contribution in [0.5, 0.6) is 0 Å². The number of esters is 2. The second-order valence-electron chi connectivity index (χ2n) is 6.51. The molecule has 0 N–H and O–H groups in total. The number of rotatable bonds is 6. The summed E-state index contributed by atoms with van der Waals surface area (Å²) in [6.07, 6.45) is 3.41. The number of hydrogen-bond donors (Lipinski definition) is 0. The molecule has 150 valence electrons. The van der Waals surface area contributed by atoms with Gasteiger partial charge in [0.05, 0.1) is 25.3 Å². The number of benzene rings is 3. The van der Waals surface area contributed by atoms with Crippen LogP contribution < -0.4 is 0 Å². The van der Waals surface area contributed by atoms with Crippen LogP contribution in [0, 0.1) is 0 Å². The second kappa shape index (κ2) is 9.05. The van der Waals surface area contributed by atoms with Gasteiger partial charge in [-0.25, -0.2) is 9.59 Å². The van der Waals surface area contributed by atoms with Crippen LogP contribution >= 0.6 is 0 Å². The molecule has 0 saturated heterocycles. The van der Waals surface area contributed by atoms with Gasteiger partial charge in [0.25, 0.3) is 0 Å². The number of hydrogen-bond acceptors (Lipinski definition) is 4. The largest absolute Gasteiger partial charge is 0.465 e. The summed E-state index contributed by atoms with van der Waals surface area (Å²) in [4.78, 5) is 24.6. The van der Waals surface area contributed by atoms with Crippen LogP contribution in [-0.2, 0) is 9.47 Å². The molecule has 0 spiro atoms. The van der Waals surface area contributed by atoms with E-state index in [1.807, 2.05) is 36.4 Å². The lowest BCUT2D eigenvalue weighted by atomic mass is 9.90. The summed E-state index contributed by atoms with van der Waals surface area (Å²) in [5.74, 6) is -0.828. The van der Waals surface area contributed by atoms with Crippen LogP contribution in [0.15, 0.2) is 73.8 Å². The summed E-state index contributed by atoms with van der Waals surface area (Å²) in [5.41, 5.74) is 5.75. The molecule has 0 aliphatic rings. The van der Waals surface area contributed by atoms with Gasteiger partial charge in [0.15, 0.2) is 0 Å². The summed E-state index contributed by atoms with van der Waals surface area (Å²) in [7, 11) is 2.71. The van der Waals surface area contributed by atoms with Gasteiger partial charge in [-0.3, -0.25) is 0 Å². The lowest BCUT2D eigenvalue weighted by molar-refractivity contribution is 0.0592. The average molecular weight is 398 g/mol. The Balaban J connectivity index is 2.17. The van der Waals surface area contributed by atoms with E-state index in [2.05, 4.69) is 13.2 Å². The maximum atomic E-state index is 12.3. The molecule has 30 heavy (non-hydrogen) atoms. The highest BCUT2D eigenvalue weighted by Crippen LogP contribution is 2.34. The van der Waals surface area contributed by atoms with Gasteiger partial charge in [-0.05, 0) is 34.4 Å². The summed E-state index contributed by atoms with van der Waals surface area (Å²) in [5, 5.41) is 0. The number of ether oxygens (including phenoxy) is 2. The number of carbonyl (C=O) groups is 2. The van der Waals surface area contributed by atoms with Crippen LogP contribution in [0.1, 0.15) is 31.8 Å². The fourth-order valence-electron chi connectivity index (χ4n) is 3.49. The molecule has 0 bridgehead atoms. The van der Waals surface area contributed by atoms with Crippen molar-refractivity contribution in [2.24, 2.45) is 0 Å². The molecule has 0 saturated carbocycles. The molecule has 0 heterocycles. The third-order valence-electron chi connectivity index (χ3n) is 4.91. The molecule has 4 nitrogen and oxygen atoms in total. The van der Waals surface area contributed by atoms with Gasteiger partial charge in [-0.15, -0.1) is 0 Å². The minimum Gasteiger partial charge on any atom is -0.465 e. The van der Waals surface area contributed by atoms with Gasteiger partial charge in [0.1, 0.15) is 0 Å². The van der Waals surface area contributed by atoms with Gasteiger partial charge >= 0.3 is 11.9 Å². The average Bonchev–Trinajstić information content (AvgIpc) is 2.81. The second-order valence-corrected chi connectivity index (χ2v) is 6.51. The Morgan fingerprint density at radius 2 is 1.03 bits per heavy atom. The smallest absolute Gasteiger partial charge is 0.338 e. The van der Waals surface area contributed by atoms with Crippen molar-refractivity contribution in [3.63, 3.8) is 0 Å². The summed E-state index contributed by atoms with van der Waals surface area (Å²) in [6, 6.07) is 18.5. The third kappa shape index (κ3) is 3.80. The minimum atomic E-state index is -0.414. The van der Waals surface area contributed by atoms with E-state index >= 15 is 0 Å². The van der Waals surface area contributed by atoms with Gasteiger partial charge in [-0.1, -0.05) is 73.8 Å². The molecule has 4 heteroatoms. The Morgan fingerprint density at radius 3 is 1.33 bits per heavy atom. The monoisotopic (exact) mass is 398 g/mol. The van der Waals surface area contributed by atoms with E-state index in [1.165, 1.54) is 14.2 Å². The highest BCUT2D eigenvalue weighted by Gasteiger charge is 2.18. The quantitative estimate of drug-likeness (QED) is 0.487. The molecule has 3 aromatic carbocycles. The van der Waals surface area contributed by atoms with Crippen molar-refractivity contribution >= 4 is 24.1 Å². The van der Waals surface area contributed by atoms with Crippen molar-refractivity contribution in [1.29, 1.82) is 0 Å². The fraction of sp³-hybridized carbons (Fsp3) is 0.0769. The standard InChI is InChI=1S/C26H22O4/c1-5-17-9-7-11-21(25(27)29-3)23(17)19-13-15-20(16-14-19)24-18(6-2)10-8-12-22(24)26(28)30-4/h5-16H,1-2H2,3-4H3. The van der Waals surface area contributed by atoms with Crippen LogP contribution in [0.3, 0.4) is 0 Å². The maximum absolute atomic E-state index is 12.3. The molecule has 0 aliphatic carbocycles. The predicted molar refractivity (Wildman–Crippen MR) is 120 cm³/mol. The molecule has 0 radical (unpaired) electrons. The SMILES string of the molecule is C=Cc1cccc(C(=O)OC)c1-c1ccc(-c2c(C=C)cccc2C(=O)OC)cc1. The fourth-order valence-corrected chi connectivity index (χ4v) is 3.49. The van der Waals surface area contributed by atoms with E-state index in [0.717, 1.165) is 33.4 Å². The molecule has 3 rings (SSSR count). The maximum Gasteiger partial charge on any atom is 0.338 e. The lowest BCUT2D eigenvalue weighted by Gasteiger charge is -2.14. The van der Waals surface area contributed by atoms with Crippen molar-refractivity contribution in [2.75, 3.05) is 14.2 Å². The first-order chi connectivity index (χ1) is 14.5. The molecule has 0 fully saturated rings. The molecule has 0 amide bonds. The minimum absolute atomic E-state index is 0.414. The summed E-state index contributed by atoms with van der Waals surface area (Å²) in [6.45, 7) is 7.71. The van der Waals surface area contributed by atoms with Crippen molar-refractivity contribution < 1.29 is 19.1 Å². The topological polar surface area (TPSA) is 52.6 Å². The molecule has 0 aliphatic heterocycles. The molecule has 0 aromatic heterocycles. The van der Waals surface area contributed by atoms with E-state index in [9.17, 15) is 9.59 Å². The summed E-state index contributed by atoms with van der Waals surface area (Å²) < 4.78 is 9.88. The lowest BCUT2D eigenvalue weighted by Crippen LogP contribution is -2.05. The van der Waals surface area contributed by atoms with E-state index in [0.29, 0.717) is 11.1 Å². The first kappa shape index (κ1) is 20.8. The molecule has 3 aromatic rings. The van der Waals surface area contributed by atoms with Crippen LogP contribution in [0.25, 0.3) is 34.4 Å². The van der Waals surface area contributed by atoms with Crippen molar-refractivity contribution in [1.82, 2.24) is 0 Å². The van der Waals surface area contributed by atoms with Crippen LogP contribution in [0.4, 0.5) is 0 Å². The van der Waals surface area contributed by atoms with E-state index in [4.69, 9.17) is 9.47 Å². The van der Waals surface area contributed by atoms with Gasteiger partial charge in [0.2, 0.25) is 0 Å². The Morgan fingerprint density at radius 1 is 0.667 bits per heavy atom. The zero-order valence-electron chi connectivity index (χ0n) is 17.0. The van der Waals surface area contributed by atoms with Crippen molar-refractivity contribution in [3.8, 4) is 22.3 Å². The Bertz CT molecular complexity index is 1030. The van der Waals surface area contributed by atoms with Crippen molar-refractivity contribution in [3.05, 3.63) is 96.1 Å². The van der Waals surface area contributed by atoms with E-state index in [-0.39, 0.29) is 0 Å². The molecule has 0 unspecified atom stereocenters. The molecule has 0 atom stereocenters. The van der Waals surface area contributed by atoms with Gasteiger partial charge in [-0.2, -0.15) is 0 Å². The zero-order chi connectivity index (χ0) is 21.7. The molecular weight excluding hydrogens is 376 g/mol. The predicted octanol–water partition coefficient (Wildman–Crippen LogP) is 5.88. The third-order valence-corrected chi connectivity index (χ3v) is 4.91. The number of carbonyl (C=O) groups excluding carboxylic acids is 2. The van der Waals surface area contributed by atoms with E-state index in [1.54, 1.807) is 36.4 Å². The molecular formula is C26H22O4. The Labute approximate surface area is 176 Å². The number of methoxy groups -OCH3 is 2. The van der Waals surface area contributed by atoms with Crippen LogP contribution in [-0.4, -0.2) is 26.2 Å². The normalized spacial score (nSPS) is 10.2. The Hall–Kier alpha value is -3.92. The first-order valence-corrected chi connectivity index (χ1v) is 9.34. The van der Waals surface area contributed by atoms with E-state index < -0.39 is 11.9 Å². The first-order valence-electron chi connectivity index (χ1n) is 9.34. The van der Waals surface area contributed by atoms with Gasteiger partial charge < -0.3 is 9.47 Å². The zero-order valence-corrected chi connectivity index (χ0v) is 17.0.